The number of benzene rings is 3. The van der Waals surface area contributed by atoms with E-state index in [2.05, 4.69) is 34.9 Å². The molecule has 0 radical (unpaired) electrons. The van der Waals surface area contributed by atoms with Crippen molar-refractivity contribution in [3.05, 3.63) is 129 Å². The fraction of sp³-hybridized carbons (Fsp3) is 0.351. The molecule has 3 aromatic carbocycles. The van der Waals surface area contributed by atoms with Crippen molar-refractivity contribution >= 4 is 11.8 Å². The lowest BCUT2D eigenvalue weighted by Gasteiger charge is -2.18. The van der Waals surface area contributed by atoms with Crippen LogP contribution in [0.1, 0.15) is 58.9 Å². The molecule has 2 N–H and O–H groups in total. The number of aromatic nitrogens is 5. The van der Waals surface area contributed by atoms with Gasteiger partial charge in [0.1, 0.15) is 11.6 Å². The van der Waals surface area contributed by atoms with Gasteiger partial charge in [-0.2, -0.15) is 18.2 Å². The van der Waals surface area contributed by atoms with Crippen molar-refractivity contribution in [1.29, 1.82) is 0 Å². The maximum atomic E-state index is 13.5. The molecule has 5 aromatic rings. The summed E-state index contributed by atoms with van der Waals surface area (Å²) in [4.78, 5) is 17.5. The maximum Gasteiger partial charge on any atom is 0.416 e. The minimum absolute atomic E-state index is 0.199. The second-order valence-corrected chi connectivity index (χ2v) is 13.7. The Morgan fingerprint density at radius 3 is 2.24 bits per heavy atom. The highest BCUT2D eigenvalue weighted by atomic mass is 32.2. The number of thioether (sulfide) groups is 1. The molecule has 1 unspecified atom stereocenters. The first-order valence-corrected chi connectivity index (χ1v) is 17.8. The first-order chi connectivity index (χ1) is 24.2. The highest BCUT2D eigenvalue weighted by Gasteiger charge is 2.30. The van der Waals surface area contributed by atoms with E-state index in [0.717, 1.165) is 90.5 Å². The summed E-state index contributed by atoms with van der Waals surface area (Å²) in [5.41, 5.74) is 4.25. The molecule has 260 valence electrons. The number of nitrogens with one attached hydrogen (secondary N) is 2. The van der Waals surface area contributed by atoms with Crippen molar-refractivity contribution in [2.24, 2.45) is 0 Å². The topological polar surface area (TPSA) is 89.7 Å². The predicted octanol–water partition coefficient (Wildman–Crippen LogP) is 6.38. The summed E-state index contributed by atoms with van der Waals surface area (Å²) in [7, 11) is 0. The highest BCUT2D eigenvalue weighted by Crippen LogP contribution is 2.31. The number of fused-ring (bicyclic) bond motifs is 1. The molecule has 8 nitrogen and oxygen atoms in total. The molecule has 13 heteroatoms. The quantitative estimate of drug-likeness (QED) is 0.0886. The molecular weight excluding hydrogens is 667 g/mol. The summed E-state index contributed by atoms with van der Waals surface area (Å²) < 4.78 is 57.0. The molecule has 1 fully saturated rings. The molecule has 7 rings (SSSR count). The van der Waals surface area contributed by atoms with Crippen LogP contribution in [0.15, 0.2) is 82.7 Å². The van der Waals surface area contributed by atoms with Gasteiger partial charge in [0.15, 0.2) is 11.0 Å². The third kappa shape index (κ3) is 7.85. The van der Waals surface area contributed by atoms with Crippen LogP contribution in [0.5, 0.6) is 0 Å². The fourth-order valence-corrected chi connectivity index (χ4v) is 7.62. The van der Waals surface area contributed by atoms with Crippen LogP contribution in [-0.4, -0.2) is 43.4 Å². The predicted molar refractivity (Wildman–Crippen MR) is 184 cm³/mol. The van der Waals surface area contributed by atoms with E-state index in [0.29, 0.717) is 48.6 Å². The monoisotopic (exact) mass is 703 g/mol. The van der Waals surface area contributed by atoms with Crippen molar-refractivity contribution in [3.63, 3.8) is 0 Å². The Morgan fingerprint density at radius 1 is 0.840 bits per heavy atom. The Bertz CT molecular complexity index is 1990. The lowest BCUT2D eigenvalue weighted by atomic mass is 10.0. The van der Waals surface area contributed by atoms with Crippen molar-refractivity contribution in [1.82, 2.24) is 34.9 Å². The van der Waals surface area contributed by atoms with Crippen LogP contribution in [0.4, 0.5) is 17.6 Å². The van der Waals surface area contributed by atoms with Crippen LogP contribution in [0.25, 0.3) is 11.1 Å². The highest BCUT2D eigenvalue weighted by molar-refractivity contribution is 7.98. The molecule has 0 spiro atoms. The lowest BCUT2D eigenvalue weighted by Crippen LogP contribution is -2.34. The lowest BCUT2D eigenvalue weighted by molar-refractivity contribution is -0.137. The Hall–Kier alpha value is -4.33. The zero-order chi connectivity index (χ0) is 34.7. The number of rotatable bonds is 12. The molecule has 0 bridgehead atoms. The van der Waals surface area contributed by atoms with Crippen molar-refractivity contribution in [2.75, 3.05) is 13.1 Å². The van der Waals surface area contributed by atoms with Crippen LogP contribution in [0, 0.1) is 5.82 Å². The van der Waals surface area contributed by atoms with Crippen LogP contribution >= 0.6 is 11.8 Å². The van der Waals surface area contributed by atoms with Crippen molar-refractivity contribution in [3.8, 4) is 11.1 Å². The van der Waals surface area contributed by atoms with Gasteiger partial charge >= 0.3 is 6.18 Å². The van der Waals surface area contributed by atoms with Gasteiger partial charge in [-0.05, 0) is 85.2 Å². The first-order valence-electron chi connectivity index (χ1n) is 16.8. The van der Waals surface area contributed by atoms with E-state index in [1.165, 1.54) is 36.0 Å². The molecule has 0 saturated carbocycles. The minimum Gasteiger partial charge on any atom is -0.316 e. The summed E-state index contributed by atoms with van der Waals surface area (Å²) in [5.74, 6) is 1.71. The van der Waals surface area contributed by atoms with E-state index in [9.17, 15) is 22.4 Å². The molecule has 0 amide bonds. The van der Waals surface area contributed by atoms with Gasteiger partial charge in [0.2, 0.25) is 0 Å². The van der Waals surface area contributed by atoms with E-state index in [1.54, 1.807) is 12.1 Å². The van der Waals surface area contributed by atoms with Gasteiger partial charge in [0.25, 0.3) is 5.56 Å². The third-order valence-corrected chi connectivity index (χ3v) is 10.4. The van der Waals surface area contributed by atoms with Crippen molar-refractivity contribution < 1.29 is 17.6 Å². The van der Waals surface area contributed by atoms with E-state index in [-0.39, 0.29) is 11.4 Å². The SMILES string of the molecule is O=c1nc(SCc2ccc(F)cc2)n(Cc2nnc(CNCC3CCCN3)n2Cc2ccc(-c3ccc(C(F)(F)F)cc3)cc2)c2c1CCC2. The summed E-state index contributed by atoms with van der Waals surface area (Å²) in [5, 5.41) is 16.9. The van der Waals surface area contributed by atoms with Crippen LogP contribution in [0.3, 0.4) is 0 Å². The Morgan fingerprint density at radius 2 is 1.54 bits per heavy atom. The number of halogens is 4. The van der Waals surface area contributed by atoms with E-state index >= 15 is 0 Å². The van der Waals surface area contributed by atoms with Crippen LogP contribution < -0.4 is 16.2 Å². The number of hydrogen-bond donors (Lipinski definition) is 2. The second-order valence-electron chi connectivity index (χ2n) is 12.8. The zero-order valence-corrected chi connectivity index (χ0v) is 28.2. The molecule has 1 aliphatic heterocycles. The van der Waals surface area contributed by atoms with Crippen LogP contribution in [0.2, 0.25) is 0 Å². The Kier molecular flexibility index (Phi) is 10.2. The zero-order valence-electron chi connectivity index (χ0n) is 27.3. The maximum absolute atomic E-state index is 13.5. The molecule has 2 aromatic heterocycles. The van der Waals surface area contributed by atoms with Gasteiger partial charge in [0.05, 0.1) is 25.2 Å². The van der Waals surface area contributed by atoms with Crippen molar-refractivity contribution in [2.45, 2.75) is 74.9 Å². The van der Waals surface area contributed by atoms with Gasteiger partial charge in [-0.1, -0.05) is 60.3 Å². The average Bonchev–Trinajstić information content (AvgIpc) is 3.89. The van der Waals surface area contributed by atoms with Gasteiger partial charge in [-0.15, -0.1) is 10.2 Å². The molecule has 1 aliphatic carbocycles. The average molecular weight is 704 g/mol. The fourth-order valence-electron chi connectivity index (χ4n) is 6.66. The Balaban J connectivity index is 1.17. The van der Waals surface area contributed by atoms with Gasteiger partial charge in [0, 0.05) is 29.6 Å². The number of alkyl halides is 3. The molecule has 3 heterocycles. The molecular formula is C37H37F4N7OS. The molecule has 1 saturated heterocycles. The first kappa shape index (κ1) is 34.1. The number of nitrogens with zero attached hydrogens (tertiary/aromatic N) is 5. The smallest absolute Gasteiger partial charge is 0.316 e. The van der Waals surface area contributed by atoms with Gasteiger partial charge in [-0.3, -0.25) is 4.79 Å². The van der Waals surface area contributed by atoms with E-state index in [1.807, 2.05) is 24.3 Å². The van der Waals surface area contributed by atoms with E-state index < -0.39 is 11.7 Å². The number of hydrogen-bond acceptors (Lipinski definition) is 7. The summed E-state index contributed by atoms with van der Waals surface area (Å²) in [6.45, 7) is 3.19. The molecule has 50 heavy (non-hydrogen) atoms. The minimum atomic E-state index is -4.38. The third-order valence-electron chi connectivity index (χ3n) is 9.36. The molecule has 2 aliphatic rings. The summed E-state index contributed by atoms with van der Waals surface area (Å²) >= 11 is 1.44. The summed E-state index contributed by atoms with van der Waals surface area (Å²) in [6.07, 6.45) is 0.229. The van der Waals surface area contributed by atoms with E-state index in [4.69, 9.17) is 0 Å². The second kappa shape index (κ2) is 14.9. The van der Waals surface area contributed by atoms with Gasteiger partial charge in [-0.25, -0.2) is 4.39 Å². The standard InChI is InChI=1S/C37H37F4N7OS/c38-29-16-8-25(9-17-29)23-50-36-44-35(49)31-4-1-5-32(31)47(36)22-34-46-45-33(20-42-19-30-3-2-18-43-30)48(34)21-24-6-10-26(11-7-24)27-12-14-28(15-13-27)37(39,40)41/h6-17,30,42-43H,1-5,18-23H2. The molecule has 1 atom stereocenters. The van der Waals surface area contributed by atoms with Crippen LogP contribution in [-0.2, 0) is 44.4 Å². The summed E-state index contributed by atoms with van der Waals surface area (Å²) in [6, 6.07) is 19.7. The normalized spacial score (nSPS) is 15.9. The largest absolute Gasteiger partial charge is 0.416 e. The van der Waals surface area contributed by atoms with Gasteiger partial charge < -0.3 is 19.8 Å². The Labute approximate surface area is 291 Å².